The maximum atomic E-state index is 11.1. The van der Waals surface area contributed by atoms with Crippen LogP contribution in [0.15, 0.2) is 28.9 Å². The minimum absolute atomic E-state index is 0.0197. The Hall–Kier alpha value is -2.33. The van der Waals surface area contributed by atoms with Crippen LogP contribution in [0.5, 0.6) is 0 Å². The fourth-order valence-corrected chi connectivity index (χ4v) is 2.02. The Balaban J connectivity index is 2.53. The summed E-state index contributed by atoms with van der Waals surface area (Å²) in [5, 5.41) is 12.8. The van der Waals surface area contributed by atoms with Crippen LogP contribution in [0.1, 0.15) is 16.1 Å². The highest BCUT2D eigenvalue weighted by molar-refractivity contribution is 9.10. The number of hydrogen-bond acceptors (Lipinski definition) is 4. The van der Waals surface area contributed by atoms with Crippen LogP contribution in [-0.4, -0.2) is 15.7 Å². The van der Waals surface area contributed by atoms with Gasteiger partial charge in [-0.2, -0.15) is 10.4 Å². The van der Waals surface area contributed by atoms with Crippen molar-refractivity contribution in [2.24, 2.45) is 5.73 Å². The van der Waals surface area contributed by atoms with Crippen molar-refractivity contribution in [3.63, 3.8) is 0 Å². The normalized spacial score (nSPS) is 10.0. The molecule has 18 heavy (non-hydrogen) atoms. The highest BCUT2D eigenvalue weighted by atomic mass is 79.9. The molecule has 0 saturated heterocycles. The lowest BCUT2D eigenvalue weighted by Crippen LogP contribution is -2.14. The van der Waals surface area contributed by atoms with Crippen LogP contribution in [0.3, 0.4) is 0 Å². The van der Waals surface area contributed by atoms with Gasteiger partial charge in [0.2, 0.25) is 0 Å². The van der Waals surface area contributed by atoms with Crippen LogP contribution in [0.2, 0.25) is 0 Å². The second-order valence-corrected chi connectivity index (χ2v) is 4.37. The van der Waals surface area contributed by atoms with Gasteiger partial charge in [-0.25, -0.2) is 4.68 Å². The number of benzene rings is 1. The second kappa shape index (κ2) is 4.50. The molecule has 0 atom stereocenters. The molecular weight excluding hydrogens is 298 g/mol. The molecular formula is C11H8BrN5O. The van der Waals surface area contributed by atoms with Crippen molar-refractivity contribution in [1.82, 2.24) is 9.78 Å². The van der Waals surface area contributed by atoms with E-state index in [9.17, 15) is 4.79 Å². The van der Waals surface area contributed by atoms with Gasteiger partial charge in [-0.15, -0.1) is 0 Å². The Kier molecular flexibility index (Phi) is 3.04. The van der Waals surface area contributed by atoms with E-state index in [-0.39, 0.29) is 11.4 Å². The number of halogens is 1. The second-order valence-electron chi connectivity index (χ2n) is 3.52. The molecule has 90 valence electrons. The van der Waals surface area contributed by atoms with Gasteiger partial charge in [-0.05, 0) is 34.1 Å². The Bertz CT molecular complexity index is 671. The number of nitrogens with two attached hydrogens (primary N) is 2. The van der Waals surface area contributed by atoms with Crippen LogP contribution in [0.25, 0.3) is 5.69 Å². The molecule has 6 nitrogen and oxygen atoms in total. The number of aromatic nitrogens is 2. The average molecular weight is 306 g/mol. The van der Waals surface area contributed by atoms with Crippen molar-refractivity contribution in [2.75, 3.05) is 5.73 Å². The van der Waals surface area contributed by atoms with E-state index in [2.05, 4.69) is 21.0 Å². The number of amides is 1. The predicted octanol–water partition coefficient (Wildman–Crippen LogP) is 1.19. The average Bonchev–Trinajstić information content (AvgIpc) is 2.71. The molecule has 1 aromatic carbocycles. The molecule has 0 radical (unpaired) electrons. The van der Waals surface area contributed by atoms with Gasteiger partial charge in [0, 0.05) is 4.47 Å². The van der Waals surface area contributed by atoms with E-state index in [1.165, 1.54) is 10.9 Å². The topological polar surface area (TPSA) is 111 Å². The monoisotopic (exact) mass is 305 g/mol. The smallest absolute Gasteiger partial charge is 0.271 e. The van der Waals surface area contributed by atoms with Crippen LogP contribution in [-0.2, 0) is 0 Å². The molecule has 1 aromatic heterocycles. The molecule has 0 bridgehead atoms. The van der Waals surface area contributed by atoms with Crippen molar-refractivity contribution in [2.45, 2.75) is 0 Å². The fraction of sp³-hybridized carbons (Fsp3) is 0. The van der Waals surface area contributed by atoms with Gasteiger partial charge in [0.25, 0.3) is 5.91 Å². The van der Waals surface area contributed by atoms with E-state index in [1.807, 2.05) is 6.07 Å². The van der Waals surface area contributed by atoms with E-state index in [4.69, 9.17) is 16.7 Å². The van der Waals surface area contributed by atoms with Crippen molar-refractivity contribution in [1.29, 1.82) is 5.26 Å². The summed E-state index contributed by atoms with van der Waals surface area (Å²) >= 11 is 3.33. The predicted molar refractivity (Wildman–Crippen MR) is 68.9 cm³/mol. The summed E-state index contributed by atoms with van der Waals surface area (Å²) in [6.07, 6.45) is 1.49. The first-order valence-corrected chi connectivity index (χ1v) is 5.67. The molecule has 0 saturated carbocycles. The number of carbonyl (C=O) groups excluding carboxylic acids is 1. The number of rotatable bonds is 2. The first-order valence-electron chi connectivity index (χ1n) is 4.88. The SMILES string of the molecule is N#Cc1ccc(-n2cc(N)c(C(N)=O)n2)c(Br)c1. The van der Waals surface area contributed by atoms with E-state index < -0.39 is 5.91 Å². The molecule has 0 fully saturated rings. The summed E-state index contributed by atoms with van der Waals surface area (Å²) in [4.78, 5) is 11.1. The number of hydrogen-bond donors (Lipinski definition) is 2. The van der Waals surface area contributed by atoms with E-state index in [0.717, 1.165) is 0 Å². The lowest BCUT2D eigenvalue weighted by atomic mass is 10.2. The van der Waals surface area contributed by atoms with Crippen molar-refractivity contribution < 1.29 is 4.79 Å². The van der Waals surface area contributed by atoms with Crippen LogP contribution >= 0.6 is 15.9 Å². The summed E-state index contributed by atoms with van der Waals surface area (Å²) in [5.41, 5.74) is 12.2. The van der Waals surface area contributed by atoms with Crippen LogP contribution in [0.4, 0.5) is 5.69 Å². The molecule has 4 N–H and O–H groups in total. The van der Waals surface area contributed by atoms with Gasteiger partial charge in [0.05, 0.1) is 29.2 Å². The number of carbonyl (C=O) groups is 1. The number of nitrogen functional groups attached to an aromatic ring is 1. The van der Waals surface area contributed by atoms with Crippen LogP contribution in [0, 0.1) is 11.3 Å². The third kappa shape index (κ3) is 2.06. The van der Waals surface area contributed by atoms with Gasteiger partial charge in [0.1, 0.15) is 0 Å². The molecule has 0 aliphatic carbocycles. The zero-order chi connectivity index (χ0) is 13.3. The summed E-state index contributed by atoms with van der Waals surface area (Å²) in [6, 6.07) is 7.01. The third-order valence-electron chi connectivity index (χ3n) is 2.30. The molecule has 0 aliphatic rings. The Morgan fingerprint density at radius 2 is 2.22 bits per heavy atom. The van der Waals surface area contributed by atoms with E-state index >= 15 is 0 Å². The van der Waals surface area contributed by atoms with Gasteiger partial charge in [0.15, 0.2) is 5.69 Å². The lowest BCUT2D eigenvalue weighted by molar-refractivity contribution is 0.0996. The summed E-state index contributed by atoms with van der Waals surface area (Å²) in [5.74, 6) is -0.684. The molecule has 0 unspecified atom stereocenters. The Labute approximate surface area is 111 Å². The molecule has 0 aliphatic heterocycles. The van der Waals surface area contributed by atoms with E-state index in [1.54, 1.807) is 18.2 Å². The Morgan fingerprint density at radius 3 is 2.72 bits per heavy atom. The van der Waals surface area contributed by atoms with Gasteiger partial charge in [-0.3, -0.25) is 4.79 Å². The summed E-state index contributed by atoms with van der Waals surface area (Å²) in [7, 11) is 0. The van der Waals surface area contributed by atoms with Crippen LogP contribution < -0.4 is 11.5 Å². The maximum Gasteiger partial charge on any atom is 0.271 e. The fourth-order valence-electron chi connectivity index (χ4n) is 1.46. The van der Waals surface area contributed by atoms with Crippen molar-refractivity contribution >= 4 is 27.5 Å². The standard InChI is InChI=1S/C11H8BrN5O/c12-7-3-6(4-13)1-2-9(7)17-5-8(14)10(16-17)11(15)18/h1-3,5H,14H2,(H2,15,18). The highest BCUT2D eigenvalue weighted by Gasteiger charge is 2.13. The van der Waals surface area contributed by atoms with Gasteiger partial charge < -0.3 is 11.5 Å². The largest absolute Gasteiger partial charge is 0.396 e. The Morgan fingerprint density at radius 1 is 1.50 bits per heavy atom. The highest BCUT2D eigenvalue weighted by Crippen LogP contribution is 2.23. The minimum Gasteiger partial charge on any atom is -0.396 e. The number of nitriles is 1. The summed E-state index contributed by atoms with van der Waals surface area (Å²) in [6.45, 7) is 0. The molecule has 0 spiro atoms. The number of nitrogens with zero attached hydrogens (tertiary/aromatic N) is 3. The van der Waals surface area contributed by atoms with E-state index in [0.29, 0.717) is 15.7 Å². The molecule has 2 aromatic rings. The molecule has 7 heteroatoms. The maximum absolute atomic E-state index is 11.1. The minimum atomic E-state index is -0.684. The molecule has 1 heterocycles. The summed E-state index contributed by atoms with van der Waals surface area (Å²) < 4.78 is 2.10. The van der Waals surface area contributed by atoms with Crippen molar-refractivity contribution in [3.8, 4) is 11.8 Å². The lowest BCUT2D eigenvalue weighted by Gasteiger charge is -2.04. The van der Waals surface area contributed by atoms with Gasteiger partial charge in [-0.1, -0.05) is 0 Å². The zero-order valence-corrected chi connectivity index (χ0v) is 10.7. The first-order chi connectivity index (χ1) is 8.52. The van der Waals surface area contributed by atoms with Crippen molar-refractivity contribution in [3.05, 3.63) is 40.1 Å². The number of primary amides is 1. The molecule has 1 amide bonds. The zero-order valence-electron chi connectivity index (χ0n) is 9.09. The van der Waals surface area contributed by atoms with Gasteiger partial charge >= 0.3 is 0 Å². The third-order valence-corrected chi connectivity index (χ3v) is 2.93. The first kappa shape index (κ1) is 12.1. The number of anilines is 1. The molecule has 2 rings (SSSR count). The quantitative estimate of drug-likeness (QED) is 0.868.